The third-order valence-corrected chi connectivity index (χ3v) is 1.80. The number of carbonyl (C=O) groups is 3. The summed E-state index contributed by atoms with van der Waals surface area (Å²) in [6.07, 6.45) is -0.00452. The standard InChI is InChI=1S/C9H17N3O4/c1-6(2-9(15)16)4-11-8(14)5-12-7(13)3-10/h6H,2-5,10H2,1H3,(H,11,14)(H,12,13)(H,15,16). The van der Waals surface area contributed by atoms with Gasteiger partial charge in [0.15, 0.2) is 0 Å². The van der Waals surface area contributed by atoms with Gasteiger partial charge in [-0.1, -0.05) is 6.92 Å². The van der Waals surface area contributed by atoms with E-state index in [4.69, 9.17) is 10.8 Å². The lowest BCUT2D eigenvalue weighted by Gasteiger charge is -2.10. The summed E-state index contributed by atoms with van der Waals surface area (Å²) < 4.78 is 0. The predicted molar refractivity (Wildman–Crippen MR) is 56.5 cm³/mol. The highest BCUT2D eigenvalue weighted by Gasteiger charge is 2.09. The van der Waals surface area contributed by atoms with E-state index < -0.39 is 11.9 Å². The number of carboxylic acids is 1. The normalized spacial score (nSPS) is 11.6. The minimum atomic E-state index is -0.904. The Bertz CT molecular complexity index is 267. The average molecular weight is 231 g/mol. The summed E-state index contributed by atoms with van der Waals surface area (Å²) >= 11 is 0. The first kappa shape index (κ1) is 14.4. The lowest BCUT2D eigenvalue weighted by Crippen LogP contribution is -2.40. The summed E-state index contributed by atoms with van der Waals surface area (Å²) in [7, 11) is 0. The lowest BCUT2D eigenvalue weighted by atomic mass is 10.1. The van der Waals surface area contributed by atoms with Gasteiger partial charge >= 0.3 is 5.97 Å². The summed E-state index contributed by atoms with van der Waals surface area (Å²) in [4.78, 5) is 32.2. The van der Waals surface area contributed by atoms with Gasteiger partial charge in [-0.25, -0.2) is 0 Å². The van der Waals surface area contributed by atoms with Gasteiger partial charge in [-0.3, -0.25) is 14.4 Å². The summed E-state index contributed by atoms with van der Waals surface area (Å²) in [6, 6.07) is 0. The van der Waals surface area contributed by atoms with E-state index in [0.29, 0.717) is 0 Å². The van der Waals surface area contributed by atoms with Crippen molar-refractivity contribution in [2.24, 2.45) is 11.7 Å². The molecule has 1 atom stereocenters. The van der Waals surface area contributed by atoms with Gasteiger partial charge in [0.1, 0.15) is 0 Å². The van der Waals surface area contributed by atoms with Crippen LogP contribution in [0.4, 0.5) is 0 Å². The number of carboxylic acid groups (broad SMARTS) is 1. The number of aliphatic carboxylic acids is 1. The van der Waals surface area contributed by atoms with Gasteiger partial charge in [-0.15, -0.1) is 0 Å². The van der Waals surface area contributed by atoms with Crippen LogP contribution in [0.2, 0.25) is 0 Å². The van der Waals surface area contributed by atoms with Crippen molar-refractivity contribution in [3.8, 4) is 0 Å². The highest BCUT2D eigenvalue weighted by atomic mass is 16.4. The zero-order chi connectivity index (χ0) is 12.6. The molecule has 0 fully saturated rings. The van der Waals surface area contributed by atoms with Crippen LogP contribution in [0.1, 0.15) is 13.3 Å². The van der Waals surface area contributed by atoms with Gasteiger partial charge in [0.05, 0.1) is 13.1 Å². The van der Waals surface area contributed by atoms with Crippen LogP contribution in [0.3, 0.4) is 0 Å². The predicted octanol–water partition coefficient (Wildman–Crippen LogP) is -1.71. The molecule has 0 rings (SSSR count). The molecule has 0 spiro atoms. The van der Waals surface area contributed by atoms with Crippen LogP contribution in [0.25, 0.3) is 0 Å². The number of nitrogens with two attached hydrogens (primary N) is 1. The molecule has 0 heterocycles. The van der Waals surface area contributed by atoms with Crippen LogP contribution < -0.4 is 16.4 Å². The minimum absolute atomic E-state index is 0.00452. The molecule has 0 aromatic carbocycles. The van der Waals surface area contributed by atoms with Crippen molar-refractivity contribution in [1.82, 2.24) is 10.6 Å². The molecule has 7 nitrogen and oxygen atoms in total. The smallest absolute Gasteiger partial charge is 0.303 e. The molecule has 1 unspecified atom stereocenters. The Morgan fingerprint density at radius 1 is 1.25 bits per heavy atom. The van der Waals surface area contributed by atoms with Gasteiger partial charge in [0.2, 0.25) is 11.8 Å². The maximum absolute atomic E-state index is 11.1. The molecule has 16 heavy (non-hydrogen) atoms. The SMILES string of the molecule is CC(CNC(=O)CNC(=O)CN)CC(=O)O. The molecule has 0 aliphatic carbocycles. The highest BCUT2D eigenvalue weighted by Crippen LogP contribution is 1.98. The van der Waals surface area contributed by atoms with Crippen molar-refractivity contribution >= 4 is 17.8 Å². The molecule has 0 aliphatic heterocycles. The molecule has 0 bridgehead atoms. The number of hydrogen-bond donors (Lipinski definition) is 4. The quantitative estimate of drug-likeness (QED) is 0.415. The van der Waals surface area contributed by atoms with Crippen LogP contribution in [-0.4, -0.2) is 42.5 Å². The largest absolute Gasteiger partial charge is 0.481 e. The van der Waals surface area contributed by atoms with Crippen molar-refractivity contribution < 1.29 is 19.5 Å². The molecular formula is C9H17N3O4. The van der Waals surface area contributed by atoms with Crippen LogP contribution in [0.15, 0.2) is 0 Å². The molecule has 7 heteroatoms. The van der Waals surface area contributed by atoms with E-state index in [1.807, 2.05) is 0 Å². The van der Waals surface area contributed by atoms with E-state index in [-0.39, 0.29) is 37.9 Å². The number of amides is 2. The van der Waals surface area contributed by atoms with Crippen LogP contribution >= 0.6 is 0 Å². The Hall–Kier alpha value is -1.63. The molecular weight excluding hydrogens is 214 g/mol. The molecule has 92 valence electrons. The Morgan fingerprint density at radius 2 is 1.88 bits per heavy atom. The fourth-order valence-electron chi connectivity index (χ4n) is 0.972. The lowest BCUT2D eigenvalue weighted by molar-refractivity contribution is -0.138. The Kier molecular flexibility index (Phi) is 6.86. The second kappa shape index (κ2) is 7.63. The molecule has 0 radical (unpaired) electrons. The third-order valence-electron chi connectivity index (χ3n) is 1.80. The van der Waals surface area contributed by atoms with Crippen molar-refractivity contribution in [3.05, 3.63) is 0 Å². The van der Waals surface area contributed by atoms with Crippen molar-refractivity contribution in [2.45, 2.75) is 13.3 Å². The van der Waals surface area contributed by atoms with Crippen LogP contribution in [-0.2, 0) is 14.4 Å². The van der Waals surface area contributed by atoms with Gasteiger partial charge < -0.3 is 21.5 Å². The fourth-order valence-corrected chi connectivity index (χ4v) is 0.972. The van der Waals surface area contributed by atoms with E-state index in [9.17, 15) is 14.4 Å². The van der Waals surface area contributed by atoms with E-state index in [0.717, 1.165) is 0 Å². The van der Waals surface area contributed by atoms with E-state index >= 15 is 0 Å². The maximum Gasteiger partial charge on any atom is 0.303 e. The zero-order valence-electron chi connectivity index (χ0n) is 9.16. The number of hydrogen-bond acceptors (Lipinski definition) is 4. The Morgan fingerprint density at radius 3 is 2.38 bits per heavy atom. The third kappa shape index (κ3) is 7.74. The first-order valence-corrected chi connectivity index (χ1v) is 4.91. The minimum Gasteiger partial charge on any atom is -0.481 e. The Labute approximate surface area is 93.4 Å². The zero-order valence-corrected chi connectivity index (χ0v) is 9.16. The van der Waals surface area contributed by atoms with Gasteiger partial charge in [0.25, 0.3) is 0 Å². The second-order valence-electron chi connectivity index (χ2n) is 3.49. The average Bonchev–Trinajstić information content (AvgIpc) is 2.22. The van der Waals surface area contributed by atoms with E-state index in [1.165, 1.54) is 0 Å². The summed E-state index contributed by atoms with van der Waals surface area (Å²) in [5.74, 6) is -1.82. The molecule has 5 N–H and O–H groups in total. The number of rotatable bonds is 7. The molecule has 0 aliphatic rings. The number of nitrogens with one attached hydrogen (secondary N) is 2. The first-order valence-electron chi connectivity index (χ1n) is 4.91. The van der Waals surface area contributed by atoms with Crippen molar-refractivity contribution in [3.63, 3.8) is 0 Å². The van der Waals surface area contributed by atoms with Crippen LogP contribution in [0, 0.1) is 5.92 Å². The van der Waals surface area contributed by atoms with Crippen molar-refractivity contribution in [1.29, 1.82) is 0 Å². The van der Waals surface area contributed by atoms with E-state index in [2.05, 4.69) is 10.6 Å². The summed E-state index contributed by atoms with van der Waals surface area (Å²) in [5.41, 5.74) is 5.03. The Balaban J connectivity index is 3.64. The van der Waals surface area contributed by atoms with Gasteiger partial charge in [-0.2, -0.15) is 0 Å². The number of carbonyl (C=O) groups excluding carboxylic acids is 2. The van der Waals surface area contributed by atoms with Gasteiger partial charge in [-0.05, 0) is 5.92 Å². The second-order valence-corrected chi connectivity index (χ2v) is 3.49. The summed E-state index contributed by atoms with van der Waals surface area (Å²) in [6.45, 7) is 1.68. The maximum atomic E-state index is 11.1. The fraction of sp³-hybridized carbons (Fsp3) is 0.667. The molecule has 0 aromatic heterocycles. The van der Waals surface area contributed by atoms with Crippen molar-refractivity contribution in [2.75, 3.05) is 19.6 Å². The molecule has 0 saturated carbocycles. The first-order chi connectivity index (χ1) is 7.45. The summed E-state index contributed by atoms with van der Waals surface area (Å²) in [5, 5.41) is 13.3. The molecule has 2 amide bonds. The van der Waals surface area contributed by atoms with Crippen LogP contribution in [0.5, 0.6) is 0 Å². The molecule has 0 aromatic rings. The highest BCUT2D eigenvalue weighted by molar-refractivity contribution is 5.85. The van der Waals surface area contributed by atoms with Gasteiger partial charge in [0, 0.05) is 13.0 Å². The monoisotopic (exact) mass is 231 g/mol. The molecule has 0 saturated heterocycles. The van der Waals surface area contributed by atoms with E-state index in [1.54, 1.807) is 6.92 Å². The topological polar surface area (TPSA) is 122 Å².